The van der Waals surface area contributed by atoms with Gasteiger partial charge in [0.25, 0.3) is 4.96 Å². The molecule has 3 heterocycles. The van der Waals surface area contributed by atoms with Crippen LogP contribution in [0.2, 0.25) is 0 Å². The van der Waals surface area contributed by atoms with Crippen molar-refractivity contribution in [1.29, 1.82) is 0 Å². The highest BCUT2D eigenvalue weighted by atomic mass is 32.1. The van der Waals surface area contributed by atoms with Crippen molar-refractivity contribution in [3.8, 4) is 0 Å². The van der Waals surface area contributed by atoms with E-state index in [1.54, 1.807) is 17.8 Å². The summed E-state index contributed by atoms with van der Waals surface area (Å²) in [7, 11) is 0. The van der Waals surface area contributed by atoms with Crippen molar-refractivity contribution in [3.05, 3.63) is 75.9 Å². The molecule has 25 heavy (non-hydrogen) atoms. The van der Waals surface area contributed by atoms with Crippen LogP contribution >= 0.6 is 11.3 Å². The first kappa shape index (κ1) is 15.3. The minimum absolute atomic E-state index is 0.0964. The topological polar surface area (TPSA) is 98.5 Å². The summed E-state index contributed by atoms with van der Waals surface area (Å²) in [6, 6.07) is 9.41. The predicted octanol–water partition coefficient (Wildman–Crippen LogP) is 3.69. The van der Waals surface area contributed by atoms with Gasteiger partial charge in [-0.05, 0) is 10.5 Å². The minimum atomic E-state index is -0.440. The van der Waals surface area contributed by atoms with Gasteiger partial charge in [0, 0.05) is 11.8 Å². The Hall–Kier alpha value is -3.20. The van der Waals surface area contributed by atoms with Gasteiger partial charge in [-0.2, -0.15) is 9.38 Å². The minimum Gasteiger partial charge on any atom is -0.447 e. The van der Waals surface area contributed by atoms with Crippen LogP contribution in [0.5, 0.6) is 0 Å². The van der Waals surface area contributed by atoms with Gasteiger partial charge in [0.05, 0.1) is 6.20 Å². The van der Waals surface area contributed by atoms with Crippen molar-refractivity contribution in [3.63, 3.8) is 0 Å². The first-order valence-corrected chi connectivity index (χ1v) is 8.40. The fourth-order valence-corrected chi connectivity index (χ4v) is 3.38. The van der Waals surface area contributed by atoms with Gasteiger partial charge in [0.2, 0.25) is 11.7 Å². The molecule has 1 N–H and O–H groups in total. The van der Waals surface area contributed by atoms with Crippen molar-refractivity contribution in [2.24, 2.45) is 0 Å². The number of anilines is 1. The summed E-state index contributed by atoms with van der Waals surface area (Å²) < 4.78 is 6.88. The molecule has 126 valence electrons. The van der Waals surface area contributed by atoms with Crippen molar-refractivity contribution >= 4 is 27.9 Å². The van der Waals surface area contributed by atoms with Crippen LogP contribution in [0.1, 0.15) is 17.5 Å². The fourth-order valence-electron chi connectivity index (χ4n) is 2.67. The zero-order chi connectivity index (χ0) is 17.2. The molecule has 0 saturated carbocycles. The number of hydrogen-bond acceptors (Lipinski definition) is 7. The Morgan fingerprint density at radius 2 is 2.20 bits per heavy atom. The molecule has 0 bridgehead atoms. The summed E-state index contributed by atoms with van der Waals surface area (Å²) in [5.74, 6) is 0.561. The average molecular weight is 355 g/mol. The Morgan fingerprint density at radius 1 is 1.36 bits per heavy atom. The fraction of sp³-hybridized carbons (Fsp3) is 0.125. The van der Waals surface area contributed by atoms with Gasteiger partial charge in [-0.15, -0.1) is 0 Å². The molecule has 1 aromatic carbocycles. The number of nitrogens with zero attached hydrogens (tertiary/aromatic N) is 4. The van der Waals surface area contributed by atoms with E-state index < -0.39 is 4.92 Å². The van der Waals surface area contributed by atoms with Gasteiger partial charge in [0.1, 0.15) is 18.5 Å². The zero-order valence-electron chi connectivity index (χ0n) is 12.9. The molecule has 0 aliphatic rings. The Morgan fingerprint density at radius 3 is 2.92 bits per heavy atom. The molecule has 0 radical (unpaired) electrons. The van der Waals surface area contributed by atoms with Crippen LogP contribution in [0.15, 0.2) is 58.8 Å². The van der Waals surface area contributed by atoms with Gasteiger partial charge in [-0.25, -0.2) is 4.98 Å². The quantitative estimate of drug-likeness (QED) is 0.418. The van der Waals surface area contributed by atoms with E-state index in [0.29, 0.717) is 17.3 Å². The van der Waals surface area contributed by atoms with Crippen LogP contribution in [0.3, 0.4) is 0 Å². The number of oxazole rings is 1. The van der Waals surface area contributed by atoms with E-state index in [2.05, 4.69) is 15.3 Å². The lowest BCUT2D eigenvalue weighted by Gasteiger charge is -2.15. The Kier molecular flexibility index (Phi) is 3.90. The lowest BCUT2D eigenvalue weighted by atomic mass is 10.1. The average Bonchev–Trinajstić information content (AvgIpc) is 3.32. The van der Waals surface area contributed by atoms with Gasteiger partial charge < -0.3 is 19.8 Å². The maximum atomic E-state index is 11.5. The summed E-state index contributed by atoms with van der Waals surface area (Å²) in [5, 5.41) is 16.4. The number of rotatable bonds is 6. The molecule has 1 unspecified atom stereocenters. The molecule has 0 saturated heterocycles. The van der Waals surface area contributed by atoms with E-state index in [1.807, 2.05) is 30.3 Å². The molecule has 8 nitrogen and oxygen atoms in total. The Labute approximate surface area is 145 Å². The number of imidazole rings is 1. The monoisotopic (exact) mass is 355 g/mol. The third-order valence-corrected chi connectivity index (χ3v) is 4.51. The van der Waals surface area contributed by atoms with Gasteiger partial charge in [0.15, 0.2) is 0 Å². The van der Waals surface area contributed by atoms with Crippen molar-refractivity contribution in [2.45, 2.75) is 12.5 Å². The van der Waals surface area contributed by atoms with Crippen LogP contribution in [-0.4, -0.2) is 19.3 Å². The smallest absolute Gasteiger partial charge is 0.372 e. The number of nitro groups is 1. The molecule has 0 aliphatic heterocycles. The maximum Gasteiger partial charge on any atom is 0.372 e. The summed E-state index contributed by atoms with van der Waals surface area (Å²) in [6.45, 7) is 0. The number of thiazole rings is 1. The second-order valence-corrected chi connectivity index (χ2v) is 6.23. The van der Waals surface area contributed by atoms with Crippen LogP contribution in [0.25, 0.3) is 4.96 Å². The zero-order valence-corrected chi connectivity index (χ0v) is 13.7. The molecule has 9 heteroatoms. The van der Waals surface area contributed by atoms with Crippen LogP contribution in [-0.2, 0) is 6.42 Å². The van der Waals surface area contributed by atoms with E-state index in [1.165, 1.54) is 22.0 Å². The first-order valence-electron chi connectivity index (χ1n) is 7.52. The third-order valence-electron chi connectivity index (χ3n) is 3.75. The van der Waals surface area contributed by atoms with E-state index in [4.69, 9.17) is 4.42 Å². The maximum absolute atomic E-state index is 11.5. The second kappa shape index (κ2) is 6.36. The standard InChI is InChI=1S/C16H13N5O3S/c22-21(23)15-13(19-16-20(15)7-9-25-16)18-12(14-17-6-8-24-14)10-11-4-2-1-3-5-11/h1-9,12,18H,10H2. The van der Waals surface area contributed by atoms with Crippen LogP contribution in [0, 0.1) is 10.1 Å². The SMILES string of the molecule is O=[N+]([O-])c1c(NC(Cc2ccccc2)c2ncco2)nc2sccn12. The molecule has 4 rings (SSSR count). The second-order valence-electron chi connectivity index (χ2n) is 5.35. The number of fused-ring (bicyclic) bond motifs is 1. The van der Waals surface area contributed by atoms with Crippen LogP contribution in [0.4, 0.5) is 11.6 Å². The Bertz CT molecular complexity index is 994. The molecule has 4 aromatic rings. The largest absolute Gasteiger partial charge is 0.447 e. The molecule has 3 aromatic heterocycles. The first-order chi connectivity index (χ1) is 12.2. The van der Waals surface area contributed by atoms with Crippen molar-refractivity contribution in [2.75, 3.05) is 5.32 Å². The molecule has 0 spiro atoms. The number of hydrogen-bond donors (Lipinski definition) is 1. The number of nitrogens with one attached hydrogen (secondary N) is 1. The lowest BCUT2D eigenvalue weighted by molar-refractivity contribution is -0.389. The molecule has 0 amide bonds. The van der Waals surface area contributed by atoms with Gasteiger partial charge >= 0.3 is 5.82 Å². The molecular weight excluding hydrogens is 342 g/mol. The summed E-state index contributed by atoms with van der Waals surface area (Å²) in [6.07, 6.45) is 5.22. The number of aromatic nitrogens is 3. The van der Waals surface area contributed by atoms with Crippen LogP contribution < -0.4 is 5.32 Å². The van der Waals surface area contributed by atoms with Crippen molar-refractivity contribution < 1.29 is 9.34 Å². The number of benzene rings is 1. The van der Waals surface area contributed by atoms with Gasteiger partial charge in [-0.1, -0.05) is 41.7 Å². The molecule has 0 aliphatic carbocycles. The van der Waals surface area contributed by atoms with Gasteiger partial charge in [-0.3, -0.25) is 0 Å². The van der Waals surface area contributed by atoms with E-state index in [0.717, 1.165) is 5.56 Å². The van der Waals surface area contributed by atoms with E-state index >= 15 is 0 Å². The normalized spacial score (nSPS) is 12.3. The summed E-state index contributed by atoms with van der Waals surface area (Å²) in [4.78, 5) is 20.1. The third kappa shape index (κ3) is 2.96. The molecule has 0 fully saturated rings. The molecule has 1 atom stereocenters. The Balaban J connectivity index is 1.70. The lowest BCUT2D eigenvalue weighted by Crippen LogP contribution is -2.15. The highest BCUT2D eigenvalue weighted by Crippen LogP contribution is 2.31. The van der Waals surface area contributed by atoms with E-state index in [-0.39, 0.29) is 17.7 Å². The highest BCUT2D eigenvalue weighted by molar-refractivity contribution is 7.15. The highest BCUT2D eigenvalue weighted by Gasteiger charge is 2.27. The van der Waals surface area contributed by atoms with E-state index in [9.17, 15) is 10.1 Å². The molecular formula is C16H13N5O3S. The summed E-state index contributed by atoms with van der Waals surface area (Å²) in [5.41, 5.74) is 1.06. The van der Waals surface area contributed by atoms with Crippen molar-refractivity contribution in [1.82, 2.24) is 14.4 Å². The summed E-state index contributed by atoms with van der Waals surface area (Å²) >= 11 is 1.34. The predicted molar refractivity (Wildman–Crippen MR) is 92.7 cm³/mol.